The second kappa shape index (κ2) is 10.3. The summed E-state index contributed by atoms with van der Waals surface area (Å²) in [5.74, 6) is -5.43. The largest absolute Gasteiger partial charge is 0.465 e. The summed E-state index contributed by atoms with van der Waals surface area (Å²) in [6.45, 7) is 12.2. The fraction of sp³-hybridized carbons (Fsp3) is 0.900. The van der Waals surface area contributed by atoms with E-state index in [0.717, 1.165) is 38.5 Å². The molecule has 216 valence electrons. The summed E-state index contributed by atoms with van der Waals surface area (Å²) in [5, 5.41) is 0. The Morgan fingerprint density at radius 1 is 0.974 bits per heavy atom. The minimum absolute atomic E-state index is 0.0234. The van der Waals surface area contributed by atoms with E-state index in [1.165, 1.54) is 27.7 Å². The summed E-state index contributed by atoms with van der Waals surface area (Å²) in [4.78, 5) is 36.7. The average molecular weight is 541 g/mol. The Hall–Kier alpha value is -1.73. The average Bonchev–Trinajstić information content (AvgIpc) is 3.13. The number of esters is 3. The van der Waals surface area contributed by atoms with Crippen molar-refractivity contribution in [1.29, 1.82) is 0 Å². The van der Waals surface area contributed by atoms with Gasteiger partial charge in [0.2, 0.25) is 0 Å². The molecule has 1 aliphatic heterocycles. The van der Waals surface area contributed by atoms with Gasteiger partial charge in [-0.15, -0.1) is 0 Å². The van der Waals surface area contributed by atoms with Gasteiger partial charge in [0.25, 0.3) is 5.92 Å². The lowest BCUT2D eigenvalue weighted by atomic mass is 9.48. The number of hydrogen-bond acceptors (Lipinski definition) is 6. The van der Waals surface area contributed by atoms with Gasteiger partial charge in [0.1, 0.15) is 6.10 Å². The number of carbonyl (C=O) groups is 3. The van der Waals surface area contributed by atoms with Crippen molar-refractivity contribution in [2.45, 2.75) is 112 Å². The van der Waals surface area contributed by atoms with Gasteiger partial charge in [0, 0.05) is 25.7 Å². The summed E-state index contributed by atoms with van der Waals surface area (Å²) >= 11 is 0. The van der Waals surface area contributed by atoms with Gasteiger partial charge in [-0.25, -0.2) is 8.78 Å². The summed E-state index contributed by atoms with van der Waals surface area (Å²) < 4.78 is 47.5. The first kappa shape index (κ1) is 29.3. The van der Waals surface area contributed by atoms with Crippen molar-refractivity contribution in [3.05, 3.63) is 0 Å². The van der Waals surface area contributed by atoms with Crippen LogP contribution in [0.25, 0.3) is 0 Å². The fourth-order valence-electron chi connectivity index (χ4n) is 9.22. The van der Waals surface area contributed by atoms with Crippen LogP contribution >= 0.6 is 0 Å². The predicted octanol–water partition coefficient (Wildman–Crippen LogP) is 6.20. The Balaban J connectivity index is 1.60. The number of fused-ring (bicyclic) bond motifs is 5. The van der Waals surface area contributed by atoms with Crippen molar-refractivity contribution in [3.63, 3.8) is 0 Å². The lowest BCUT2D eigenvalue weighted by Crippen LogP contribution is -2.53. The number of rotatable bonds is 6. The van der Waals surface area contributed by atoms with Gasteiger partial charge in [-0.2, -0.15) is 0 Å². The highest BCUT2D eigenvalue weighted by Crippen LogP contribution is 2.66. The zero-order chi connectivity index (χ0) is 28.2. The fourth-order valence-corrected chi connectivity index (χ4v) is 9.22. The van der Waals surface area contributed by atoms with Crippen molar-refractivity contribution in [3.8, 4) is 0 Å². The lowest BCUT2D eigenvalue weighted by molar-refractivity contribution is -0.201. The maximum absolute atomic E-state index is 15.4. The second-order valence-corrected chi connectivity index (χ2v) is 13.5. The van der Waals surface area contributed by atoms with E-state index >= 15 is 8.78 Å². The second-order valence-electron chi connectivity index (χ2n) is 13.5. The van der Waals surface area contributed by atoms with Crippen LogP contribution in [0.5, 0.6) is 0 Å². The highest BCUT2D eigenvalue weighted by atomic mass is 19.3. The van der Waals surface area contributed by atoms with E-state index in [-0.39, 0.29) is 58.5 Å². The van der Waals surface area contributed by atoms with Crippen LogP contribution < -0.4 is 0 Å². The Morgan fingerprint density at radius 2 is 1.61 bits per heavy atom. The first-order valence-electron chi connectivity index (χ1n) is 14.5. The van der Waals surface area contributed by atoms with E-state index in [0.29, 0.717) is 13.0 Å². The first-order chi connectivity index (χ1) is 17.6. The molecular formula is C30H46F2O6. The van der Waals surface area contributed by atoms with Crippen LogP contribution in [0, 0.1) is 52.3 Å². The standard InChI is InChI=1S/C30H46F2O6/c1-16(2)30(31,32)26(38-19(5)34)17(3)22-8-9-23-21-15-36-27(35)25-14-20(37-18(4)33)10-12-29(25,7)24(21)11-13-28(22,23)6/h16-17,20-26H,8-15H2,1-7H3/t17-,20+,21?,22+,23-,24-,25+,26+,28+,29+/m0/s1. The molecule has 3 aliphatic carbocycles. The normalized spacial score (nSPS) is 40.6. The summed E-state index contributed by atoms with van der Waals surface area (Å²) in [7, 11) is 0. The molecule has 8 heteroatoms. The summed E-state index contributed by atoms with van der Waals surface area (Å²) in [5.41, 5.74) is -0.450. The van der Waals surface area contributed by atoms with Crippen molar-refractivity contribution in [2.75, 3.05) is 6.61 Å². The molecule has 3 saturated carbocycles. The van der Waals surface area contributed by atoms with Crippen LogP contribution in [0.2, 0.25) is 0 Å². The maximum atomic E-state index is 15.4. The molecule has 4 rings (SSSR count). The molecule has 1 unspecified atom stereocenters. The third-order valence-electron chi connectivity index (χ3n) is 11.2. The molecule has 0 aromatic rings. The molecule has 38 heavy (non-hydrogen) atoms. The van der Waals surface area contributed by atoms with Gasteiger partial charge in [-0.1, -0.05) is 34.6 Å². The molecule has 0 aromatic carbocycles. The van der Waals surface area contributed by atoms with E-state index in [2.05, 4.69) is 13.8 Å². The van der Waals surface area contributed by atoms with E-state index in [1.54, 1.807) is 0 Å². The van der Waals surface area contributed by atoms with Gasteiger partial charge in [0.05, 0.1) is 12.5 Å². The van der Waals surface area contributed by atoms with E-state index in [4.69, 9.17) is 14.2 Å². The minimum Gasteiger partial charge on any atom is -0.465 e. The third-order valence-corrected chi connectivity index (χ3v) is 11.2. The highest BCUT2D eigenvalue weighted by molar-refractivity contribution is 5.74. The number of carbonyl (C=O) groups excluding carboxylic acids is 3. The first-order valence-corrected chi connectivity index (χ1v) is 14.5. The number of halogens is 2. The Morgan fingerprint density at radius 3 is 2.21 bits per heavy atom. The molecule has 4 fully saturated rings. The van der Waals surface area contributed by atoms with Gasteiger partial charge >= 0.3 is 17.9 Å². The quantitative estimate of drug-likeness (QED) is 0.295. The van der Waals surface area contributed by atoms with Crippen LogP contribution in [0.3, 0.4) is 0 Å². The van der Waals surface area contributed by atoms with E-state index in [1.807, 2.05) is 6.92 Å². The van der Waals surface area contributed by atoms with E-state index in [9.17, 15) is 14.4 Å². The zero-order valence-corrected chi connectivity index (χ0v) is 24.1. The Labute approximate surface area is 225 Å². The molecule has 1 saturated heterocycles. The number of ether oxygens (including phenoxy) is 3. The predicted molar refractivity (Wildman–Crippen MR) is 137 cm³/mol. The molecule has 10 atom stereocenters. The molecule has 6 nitrogen and oxygen atoms in total. The summed E-state index contributed by atoms with van der Waals surface area (Å²) in [6, 6.07) is 0. The van der Waals surface area contributed by atoms with Crippen molar-refractivity contribution in [1.82, 2.24) is 0 Å². The van der Waals surface area contributed by atoms with Crippen molar-refractivity contribution >= 4 is 17.9 Å². The molecular weight excluding hydrogens is 494 g/mol. The zero-order valence-electron chi connectivity index (χ0n) is 24.1. The number of cyclic esters (lactones) is 1. The molecule has 0 aromatic heterocycles. The lowest BCUT2D eigenvalue weighted by Gasteiger charge is -2.55. The van der Waals surface area contributed by atoms with Crippen molar-refractivity contribution < 1.29 is 37.4 Å². The Kier molecular flexibility index (Phi) is 7.97. The van der Waals surface area contributed by atoms with Crippen LogP contribution in [0.15, 0.2) is 0 Å². The molecule has 4 aliphatic rings. The van der Waals surface area contributed by atoms with Crippen LogP contribution in [0.4, 0.5) is 8.78 Å². The van der Waals surface area contributed by atoms with Gasteiger partial charge in [-0.3, -0.25) is 14.4 Å². The van der Waals surface area contributed by atoms with Gasteiger partial charge < -0.3 is 14.2 Å². The molecule has 0 N–H and O–H groups in total. The topological polar surface area (TPSA) is 78.9 Å². The molecule has 0 radical (unpaired) electrons. The van der Waals surface area contributed by atoms with Gasteiger partial charge in [0.15, 0.2) is 6.10 Å². The van der Waals surface area contributed by atoms with Crippen LogP contribution in [-0.4, -0.2) is 42.6 Å². The highest BCUT2D eigenvalue weighted by Gasteiger charge is 2.63. The smallest absolute Gasteiger partial charge is 0.309 e. The molecule has 1 heterocycles. The number of hydrogen-bond donors (Lipinski definition) is 0. The van der Waals surface area contributed by atoms with Gasteiger partial charge in [-0.05, 0) is 79.4 Å². The molecule has 0 spiro atoms. The van der Waals surface area contributed by atoms with Crippen LogP contribution in [-0.2, 0) is 28.6 Å². The Bertz CT molecular complexity index is 936. The van der Waals surface area contributed by atoms with E-state index < -0.39 is 29.8 Å². The minimum atomic E-state index is -3.13. The molecule has 0 amide bonds. The molecule has 0 bridgehead atoms. The SMILES string of the molecule is CC(=O)O[C@@H]1CC[C@@]2(C)[C@H](C1)C(=O)OCC1[C@@H]2CC[C@]2(C)[C@@H]([C@H](C)[C@@H](OC(C)=O)C(F)(F)C(C)C)CC[C@@H]12. The number of alkyl halides is 2. The van der Waals surface area contributed by atoms with Crippen molar-refractivity contribution in [2.24, 2.45) is 52.3 Å². The maximum Gasteiger partial charge on any atom is 0.309 e. The monoisotopic (exact) mass is 540 g/mol. The third kappa shape index (κ3) is 4.87. The summed E-state index contributed by atoms with van der Waals surface area (Å²) in [6.07, 6.45) is 3.77. The van der Waals surface area contributed by atoms with Crippen LogP contribution in [0.1, 0.15) is 93.4 Å².